The summed E-state index contributed by atoms with van der Waals surface area (Å²) in [6, 6.07) is 6.50. The second kappa shape index (κ2) is 7.51. The van der Waals surface area contributed by atoms with Gasteiger partial charge in [-0.15, -0.1) is 6.58 Å². The number of amides is 1. The van der Waals surface area contributed by atoms with E-state index < -0.39 is 15.9 Å². The molecule has 0 unspecified atom stereocenters. The number of carbonyl (C=O) groups excluding carboxylic acids is 1. The molecule has 0 aliphatic heterocycles. The highest BCUT2D eigenvalue weighted by Gasteiger charge is 2.35. The highest BCUT2D eigenvalue weighted by Crippen LogP contribution is 2.44. The molecule has 1 fully saturated rings. The summed E-state index contributed by atoms with van der Waals surface area (Å²) in [5, 5.41) is 0. The molecule has 1 saturated carbocycles. The minimum Gasteiger partial charge on any atom is -0.274 e. The van der Waals surface area contributed by atoms with E-state index in [1.165, 1.54) is 18.6 Å². The van der Waals surface area contributed by atoms with Gasteiger partial charge in [0.1, 0.15) is 0 Å². The van der Waals surface area contributed by atoms with E-state index in [2.05, 4.69) is 11.3 Å². The first-order valence-corrected chi connectivity index (χ1v) is 9.98. The van der Waals surface area contributed by atoms with Crippen LogP contribution in [0.1, 0.15) is 57.4 Å². The van der Waals surface area contributed by atoms with Gasteiger partial charge >= 0.3 is 0 Å². The van der Waals surface area contributed by atoms with Crippen LogP contribution in [-0.4, -0.2) is 14.3 Å². The quantitative estimate of drug-likeness (QED) is 0.786. The number of hydrogen-bond acceptors (Lipinski definition) is 3. The fourth-order valence-electron chi connectivity index (χ4n) is 3.66. The first-order chi connectivity index (χ1) is 11.2. The third-order valence-corrected chi connectivity index (χ3v) is 6.10. The van der Waals surface area contributed by atoms with Crippen molar-refractivity contribution in [3.8, 4) is 0 Å². The van der Waals surface area contributed by atoms with Gasteiger partial charge in [-0.3, -0.25) is 4.79 Å². The lowest BCUT2D eigenvalue weighted by Crippen LogP contribution is -2.36. The van der Waals surface area contributed by atoms with E-state index in [0.29, 0.717) is 0 Å². The molecule has 1 aliphatic rings. The summed E-state index contributed by atoms with van der Waals surface area (Å²) in [6.07, 6.45) is 6.30. The monoisotopic (exact) mass is 349 g/mol. The molecule has 0 spiro atoms. The molecule has 0 heterocycles. The van der Waals surface area contributed by atoms with Crippen molar-refractivity contribution in [2.24, 2.45) is 5.41 Å². The first kappa shape index (κ1) is 18.7. The lowest BCUT2D eigenvalue weighted by Gasteiger charge is -2.37. The van der Waals surface area contributed by atoms with Crippen LogP contribution < -0.4 is 4.72 Å². The van der Waals surface area contributed by atoms with Gasteiger partial charge in [0.25, 0.3) is 10.0 Å². The molecule has 0 aromatic heterocycles. The zero-order valence-corrected chi connectivity index (χ0v) is 15.4. The maximum atomic E-state index is 12.4. The number of benzene rings is 1. The Morgan fingerprint density at radius 3 is 2.25 bits per heavy atom. The summed E-state index contributed by atoms with van der Waals surface area (Å²) < 4.78 is 27.0. The highest BCUT2D eigenvalue weighted by molar-refractivity contribution is 7.90. The fraction of sp³-hybridized carbons (Fsp3) is 0.526. The van der Waals surface area contributed by atoms with E-state index in [9.17, 15) is 13.2 Å². The van der Waals surface area contributed by atoms with Crippen LogP contribution in [-0.2, 0) is 14.8 Å². The van der Waals surface area contributed by atoms with E-state index in [1.807, 2.05) is 13.8 Å². The van der Waals surface area contributed by atoms with E-state index >= 15 is 0 Å². The molecule has 0 bridgehead atoms. The van der Waals surface area contributed by atoms with Gasteiger partial charge in [-0.05, 0) is 50.7 Å². The number of hydrogen-bond donors (Lipinski definition) is 1. The number of carbonyl (C=O) groups is 1. The fourth-order valence-corrected chi connectivity index (χ4v) is 4.65. The molecule has 1 aromatic rings. The minimum atomic E-state index is -3.80. The van der Waals surface area contributed by atoms with Crippen molar-refractivity contribution in [3.05, 3.63) is 42.0 Å². The van der Waals surface area contributed by atoms with E-state index in [-0.39, 0.29) is 16.7 Å². The predicted octanol–water partition coefficient (Wildman–Crippen LogP) is 4.11. The van der Waals surface area contributed by atoms with Gasteiger partial charge in [-0.1, -0.05) is 42.5 Å². The van der Waals surface area contributed by atoms with Crippen LogP contribution in [0.25, 0.3) is 0 Å². The van der Waals surface area contributed by atoms with Gasteiger partial charge in [0.2, 0.25) is 5.91 Å². The number of nitrogens with one attached hydrogen (secondary N) is 1. The van der Waals surface area contributed by atoms with Gasteiger partial charge in [0, 0.05) is 6.42 Å². The van der Waals surface area contributed by atoms with Crippen LogP contribution in [0.5, 0.6) is 0 Å². The SMILES string of the molecule is C=C(C)CC1(CC(=O)NS(=O)(=O)c2ccc(C)cc2)CCCCC1. The van der Waals surface area contributed by atoms with Gasteiger partial charge in [-0.2, -0.15) is 0 Å². The van der Waals surface area contributed by atoms with Crippen molar-refractivity contribution in [2.75, 3.05) is 0 Å². The van der Waals surface area contributed by atoms with E-state index in [4.69, 9.17) is 0 Å². The van der Waals surface area contributed by atoms with Crippen molar-refractivity contribution < 1.29 is 13.2 Å². The van der Waals surface area contributed by atoms with Gasteiger partial charge in [0.05, 0.1) is 4.90 Å². The summed E-state index contributed by atoms with van der Waals surface area (Å²) >= 11 is 0. The Kier molecular flexibility index (Phi) is 5.86. The third kappa shape index (κ3) is 4.94. The standard InChI is InChI=1S/C19H27NO3S/c1-15(2)13-19(11-5-4-6-12-19)14-18(21)20-24(22,23)17-9-7-16(3)8-10-17/h7-10H,1,4-6,11-14H2,2-3H3,(H,20,21). The third-order valence-electron chi connectivity index (χ3n) is 4.71. The largest absolute Gasteiger partial charge is 0.274 e. The molecule has 5 heteroatoms. The Morgan fingerprint density at radius 1 is 1.12 bits per heavy atom. The topological polar surface area (TPSA) is 63.2 Å². The predicted molar refractivity (Wildman–Crippen MR) is 96.1 cm³/mol. The summed E-state index contributed by atoms with van der Waals surface area (Å²) in [5.41, 5.74) is 1.88. The molecular formula is C19H27NO3S. The van der Waals surface area contributed by atoms with E-state index in [1.54, 1.807) is 12.1 Å². The Hall–Kier alpha value is -1.62. The Labute approximate surface area is 145 Å². The molecular weight excluding hydrogens is 322 g/mol. The van der Waals surface area contributed by atoms with E-state index in [0.717, 1.165) is 43.2 Å². The van der Waals surface area contributed by atoms with Gasteiger partial charge in [-0.25, -0.2) is 13.1 Å². The van der Waals surface area contributed by atoms with Crippen molar-refractivity contribution in [1.29, 1.82) is 0 Å². The molecule has 1 N–H and O–H groups in total. The smallest absolute Gasteiger partial charge is 0.264 e. The molecule has 1 aliphatic carbocycles. The summed E-state index contributed by atoms with van der Waals surface area (Å²) in [5.74, 6) is -0.418. The molecule has 2 rings (SSSR count). The Bertz CT molecular complexity index is 699. The lowest BCUT2D eigenvalue weighted by molar-refractivity contribution is -0.122. The van der Waals surface area contributed by atoms with Crippen molar-refractivity contribution in [2.45, 2.75) is 63.7 Å². The summed E-state index contributed by atoms with van der Waals surface area (Å²) in [7, 11) is -3.80. The number of rotatable bonds is 6. The normalized spacial score (nSPS) is 17.2. The van der Waals surface area contributed by atoms with Crippen molar-refractivity contribution in [1.82, 2.24) is 4.72 Å². The van der Waals surface area contributed by atoms with Crippen molar-refractivity contribution >= 4 is 15.9 Å². The first-order valence-electron chi connectivity index (χ1n) is 8.49. The maximum Gasteiger partial charge on any atom is 0.264 e. The van der Waals surface area contributed by atoms with Crippen LogP contribution in [0.15, 0.2) is 41.3 Å². The van der Waals surface area contributed by atoms with Crippen LogP contribution in [0, 0.1) is 12.3 Å². The lowest BCUT2D eigenvalue weighted by atomic mass is 9.68. The molecule has 0 atom stereocenters. The molecule has 0 saturated heterocycles. The van der Waals surface area contributed by atoms with Crippen LogP contribution in [0.3, 0.4) is 0 Å². The average Bonchev–Trinajstić information content (AvgIpc) is 2.46. The summed E-state index contributed by atoms with van der Waals surface area (Å²) in [4.78, 5) is 12.6. The Morgan fingerprint density at radius 2 is 1.71 bits per heavy atom. The molecule has 24 heavy (non-hydrogen) atoms. The average molecular weight is 349 g/mol. The maximum absolute atomic E-state index is 12.4. The molecule has 1 amide bonds. The molecule has 0 radical (unpaired) electrons. The molecule has 132 valence electrons. The van der Waals surface area contributed by atoms with Crippen LogP contribution >= 0.6 is 0 Å². The number of sulfonamides is 1. The summed E-state index contributed by atoms with van der Waals surface area (Å²) in [6.45, 7) is 7.84. The number of aryl methyl sites for hydroxylation is 1. The molecule has 1 aromatic carbocycles. The minimum absolute atomic E-state index is 0.124. The zero-order chi connectivity index (χ0) is 17.8. The van der Waals surface area contributed by atoms with Gasteiger partial charge in [0.15, 0.2) is 0 Å². The second-order valence-electron chi connectivity index (χ2n) is 7.21. The molecule has 4 nitrogen and oxygen atoms in total. The van der Waals surface area contributed by atoms with Gasteiger partial charge < -0.3 is 0 Å². The zero-order valence-electron chi connectivity index (χ0n) is 14.6. The Balaban J connectivity index is 2.10. The number of allylic oxidation sites excluding steroid dienone is 1. The van der Waals surface area contributed by atoms with Crippen LogP contribution in [0.2, 0.25) is 0 Å². The van der Waals surface area contributed by atoms with Crippen LogP contribution in [0.4, 0.5) is 0 Å². The highest BCUT2D eigenvalue weighted by atomic mass is 32.2. The second-order valence-corrected chi connectivity index (χ2v) is 8.90. The van der Waals surface area contributed by atoms with Crippen molar-refractivity contribution in [3.63, 3.8) is 0 Å².